The van der Waals surface area contributed by atoms with Gasteiger partial charge in [0.25, 0.3) is 23.4 Å². The van der Waals surface area contributed by atoms with Gasteiger partial charge in [0.05, 0.1) is 77.2 Å². The quantitative estimate of drug-likeness (QED) is 0.0401. The van der Waals surface area contributed by atoms with E-state index in [0.717, 1.165) is 30.4 Å². The lowest BCUT2D eigenvalue weighted by atomic mass is 9.71. The number of aliphatic hydroxyl groups is 3. The van der Waals surface area contributed by atoms with Gasteiger partial charge in [-0.3, -0.25) is 39.0 Å². The molecule has 0 saturated carbocycles. The Balaban J connectivity index is 1.18. The topological polar surface area (TPSA) is 307 Å². The number of morpholine rings is 1. The average molecular weight is 902 g/mol. The largest absolute Gasteiger partial charge is 0.507 e. The molecule has 5 aliphatic rings. The Hall–Kier alpha value is -6.50. The summed E-state index contributed by atoms with van der Waals surface area (Å²) < 4.78 is 29.0. The Labute approximate surface area is 368 Å². The molecule has 342 valence electrons. The molecule has 3 heterocycles. The molecule has 3 amide bonds. The van der Waals surface area contributed by atoms with E-state index in [-0.39, 0.29) is 46.7 Å². The highest BCUT2D eigenvalue weighted by Gasteiger charge is 2.50. The molecule has 0 spiro atoms. The zero-order chi connectivity index (χ0) is 46.6. The van der Waals surface area contributed by atoms with Crippen molar-refractivity contribution in [3.05, 3.63) is 97.6 Å². The third-order valence-electron chi connectivity index (χ3n) is 12.3. The summed E-state index contributed by atoms with van der Waals surface area (Å²) in [5.74, 6) is -6.01. The van der Waals surface area contributed by atoms with E-state index < -0.39 is 136 Å². The molecule has 22 nitrogen and oxygen atoms in total. The van der Waals surface area contributed by atoms with Crippen LogP contribution < -0.4 is 15.1 Å². The molecule has 2 aliphatic carbocycles. The Morgan fingerprint density at radius 2 is 1.75 bits per heavy atom. The van der Waals surface area contributed by atoms with Crippen LogP contribution in [0.5, 0.6) is 17.2 Å². The minimum atomic E-state index is -2.39. The van der Waals surface area contributed by atoms with Gasteiger partial charge in [0.2, 0.25) is 5.78 Å². The highest BCUT2D eigenvalue weighted by atomic mass is 16.7. The van der Waals surface area contributed by atoms with Crippen molar-refractivity contribution in [2.45, 2.75) is 68.7 Å². The number of methoxy groups -OCH3 is 2. The van der Waals surface area contributed by atoms with Gasteiger partial charge in [-0.25, -0.2) is 10.3 Å². The zero-order valence-corrected chi connectivity index (χ0v) is 35.0. The van der Waals surface area contributed by atoms with Crippen molar-refractivity contribution < 1.29 is 78.1 Å². The molecular formula is C43H43N5O17. The Kier molecular flexibility index (Phi) is 12.1. The van der Waals surface area contributed by atoms with Gasteiger partial charge in [-0.2, -0.15) is 5.10 Å². The first-order chi connectivity index (χ1) is 31.0. The van der Waals surface area contributed by atoms with Gasteiger partial charge < -0.3 is 49.2 Å². The van der Waals surface area contributed by atoms with Gasteiger partial charge in [0, 0.05) is 86.5 Å². The van der Waals surface area contributed by atoms with E-state index in [0.29, 0.717) is 18.1 Å². The van der Waals surface area contributed by atoms with Crippen LogP contribution in [0.4, 0.5) is 11.4 Å². The second-order valence-corrected chi connectivity index (χ2v) is 16.0. The molecule has 0 bridgehead atoms. The van der Waals surface area contributed by atoms with E-state index >= 15 is 0 Å². The van der Waals surface area contributed by atoms with Crippen LogP contribution >= 0.6 is 0 Å². The number of phenols is 2. The maximum atomic E-state index is 14.2. The lowest BCUT2D eigenvalue weighted by Gasteiger charge is -2.47. The number of rotatable bonds is 11. The first-order valence-electron chi connectivity index (χ1n) is 20.3. The number of non-ortho nitro benzene ring substituents is 1. The fraction of sp³-hybridized carbons (Fsp3) is 0.395. The molecule has 65 heavy (non-hydrogen) atoms. The number of nitro groups is 1. The van der Waals surface area contributed by atoms with Crippen LogP contribution in [0, 0.1) is 10.1 Å². The number of carbonyl (C=O) groups is 5. The van der Waals surface area contributed by atoms with Gasteiger partial charge >= 0.3 is 0 Å². The van der Waals surface area contributed by atoms with Gasteiger partial charge in [0.15, 0.2) is 18.4 Å². The fourth-order valence-electron chi connectivity index (χ4n) is 9.08. The first-order valence-corrected chi connectivity index (χ1v) is 20.3. The van der Waals surface area contributed by atoms with Gasteiger partial charge in [-0.1, -0.05) is 12.1 Å². The molecule has 0 aromatic heterocycles. The van der Waals surface area contributed by atoms with Gasteiger partial charge in [-0.05, 0) is 19.1 Å². The second-order valence-electron chi connectivity index (χ2n) is 16.0. The standard InChI is InChI=1S/C43H43N5O17/c1-19-37(52)25(46-9-10-63-32(17-46)62-3)14-31(64-19)65-27-16-43(58,15-24-34(27)41(56)36-35(39(24)54)38(53)23-5-4-6-26(61-2)33(23)40(36)55)28(18-49)44-45-42(57)20-11-21(13-22(12-20)48(59)60)47-29(50)7-8-30(47)51/h4-8,11-13,19,25,27,31-32,37,49,52,54,56,58H,9-10,14-18H2,1-3H3,(H,45,57)/b44-28+/t19-,25?,27-,31-,32+,37+,43-/m0/s1. The fourth-order valence-corrected chi connectivity index (χ4v) is 9.08. The smallest absolute Gasteiger partial charge is 0.272 e. The number of phenolic OH excluding ortho intramolecular Hbond substituents is 2. The number of hydrogen-bond donors (Lipinski definition) is 6. The van der Waals surface area contributed by atoms with E-state index in [1.54, 1.807) is 6.92 Å². The third kappa shape index (κ3) is 7.92. The normalized spacial score (nSPS) is 26.7. The summed E-state index contributed by atoms with van der Waals surface area (Å²) in [5.41, 5.74) is -4.14. The Morgan fingerprint density at radius 1 is 1.03 bits per heavy atom. The third-order valence-corrected chi connectivity index (χ3v) is 12.3. The van der Waals surface area contributed by atoms with Crippen molar-refractivity contribution >= 4 is 46.4 Å². The lowest BCUT2D eigenvalue weighted by molar-refractivity contribution is -0.384. The summed E-state index contributed by atoms with van der Waals surface area (Å²) in [4.78, 5) is 80.2. The lowest BCUT2D eigenvalue weighted by Crippen LogP contribution is -2.59. The Morgan fingerprint density at radius 3 is 2.43 bits per heavy atom. The number of hydrazone groups is 1. The molecule has 3 aromatic carbocycles. The average Bonchev–Trinajstić information content (AvgIpc) is 3.63. The summed E-state index contributed by atoms with van der Waals surface area (Å²) in [7, 11) is 2.77. The highest BCUT2D eigenvalue weighted by molar-refractivity contribution is 6.31. The van der Waals surface area contributed by atoms with Crippen LogP contribution in [0.3, 0.4) is 0 Å². The SMILES string of the molecule is COc1cccc2c1C(=O)c1c(O)c3c(c(O)c1C2=O)C[C@@](O)(/C(CO)=N/NC(=O)c1cc(N2C(=O)C=CC2=O)cc([N+](=O)[O-])c1)C[C@@H]3O[C@H]1CC(N2CCO[C@@H](OC)C2)[C@H](O)[C@H](C)O1. The summed E-state index contributed by atoms with van der Waals surface area (Å²) in [6.45, 7) is 1.55. The number of aromatic hydroxyl groups is 2. The number of anilines is 1. The molecule has 1 unspecified atom stereocenters. The van der Waals surface area contributed by atoms with Crippen molar-refractivity contribution in [3.8, 4) is 17.2 Å². The van der Waals surface area contributed by atoms with Crippen molar-refractivity contribution in [2.75, 3.05) is 45.4 Å². The molecule has 6 N–H and O–H groups in total. The van der Waals surface area contributed by atoms with Crippen LogP contribution in [0.15, 0.2) is 53.7 Å². The Bertz CT molecular complexity index is 2580. The van der Waals surface area contributed by atoms with Crippen LogP contribution in [-0.2, 0) is 35.0 Å². The van der Waals surface area contributed by atoms with Gasteiger partial charge in [0.1, 0.15) is 22.8 Å². The molecule has 2 fully saturated rings. The molecule has 22 heteroatoms. The number of fused-ring (bicyclic) bond motifs is 3. The minimum absolute atomic E-state index is 0.0127. The number of ketones is 2. The maximum absolute atomic E-state index is 14.2. The number of aliphatic hydroxyl groups excluding tert-OH is 2. The number of amides is 3. The van der Waals surface area contributed by atoms with Crippen LogP contribution in [0.25, 0.3) is 0 Å². The monoisotopic (exact) mass is 901 g/mol. The van der Waals surface area contributed by atoms with Gasteiger partial charge in [-0.15, -0.1) is 0 Å². The predicted octanol–water partition coefficient (Wildman–Crippen LogP) is 0.902. The van der Waals surface area contributed by atoms with Crippen molar-refractivity contribution in [3.63, 3.8) is 0 Å². The predicted molar refractivity (Wildman–Crippen MR) is 221 cm³/mol. The van der Waals surface area contributed by atoms with E-state index in [9.17, 15) is 59.6 Å². The number of carbonyl (C=O) groups excluding carboxylic acids is 5. The second kappa shape index (κ2) is 17.5. The summed E-state index contributed by atoms with van der Waals surface area (Å²) in [6.07, 6.45) is -4.55. The van der Waals surface area contributed by atoms with E-state index in [1.165, 1.54) is 32.4 Å². The zero-order valence-electron chi connectivity index (χ0n) is 35.0. The molecule has 3 aliphatic heterocycles. The highest BCUT2D eigenvalue weighted by Crippen LogP contribution is 2.53. The van der Waals surface area contributed by atoms with Crippen molar-refractivity contribution in [1.82, 2.24) is 10.3 Å². The first kappa shape index (κ1) is 45.1. The van der Waals surface area contributed by atoms with E-state index in [1.807, 2.05) is 4.90 Å². The van der Waals surface area contributed by atoms with Crippen molar-refractivity contribution in [2.24, 2.45) is 5.10 Å². The molecular weight excluding hydrogens is 858 g/mol. The van der Waals surface area contributed by atoms with Crippen LogP contribution in [0.2, 0.25) is 0 Å². The molecule has 7 atom stereocenters. The molecule has 3 aromatic rings. The van der Waals surface area contributed by atoms with Crippen molar-refractivity contribution in [1.29, 1.82) is 0 Å². The van der Waals surface area contributed by atoms with E-state index in [2.05, 4.69) is 10.5 Å². The summed E-state index contributed by atoms with van der Waals surface area (Å²) in [6, 6.07) is 6.45. The summed E-state index contributed by atoms with van der Waals surface area (Å²) >= 11 is 0. The molecule has 2 saturated heterocycles. The number of nitrogens with zero attached hydrogens (tertiary/aromatic N) is 4. The van der Waals surface area contributed by atoms with E-state index in [4.69, 9.17) is 23.7 Å². The van der Waals surface area contributed by atoms with Crippen LogP contribution in [0.1, 0.15) is 79.2 Å². The number of ether oxygens (including phenoxy) is 5. The number of nitro benzene ring substituents is 1. The number of nitrogens with one attached hydrogen (secondary N) is 1. The number of imide groups is 1. The summed E-state index contributed by atoms with van der Waals surface area (Å²) in [5, 5.41) is 74.5. The maximum Gasteiger partial charge on any atom is 0.272 e. The number of benzene rings is 3. The number of hydrogen-bond acceptors (Lipinski definition) is 19. The van der Waals surface area contributed by atoms with Crippen LogP contribution in [-0.4, -0.2) is 147 Å². The minimum Gasteiger partial charge on any atom is -0.507 e. The molecule has 0 radical (unpaired) electrons. The molecule has 8 rings (SSSR count).